The summed E-state index contributed by atoms with van der Waals surface area (Å²) in [6.07, 6.45) is 1.89. The van der Waals surface area contributed by atoms with E-state index in [1.54, 1.807) is 18.2 Å². The van der Waals surface area contributed by atoms with Gasteiger partial charge >= 0.3 is 5.97 Å². The Hall–Kier alpha value is -4.11. The van der Waals surface area contributed by atoms with Crippen LogP contribution in [0.25, 0.3) is 0 Å². The number of phenolic OH excluding ortho intramolecular Hbond substituents is 2. The number of benzene rings is 3. The van der Waals surface area contributed by atoms with Crippen molar-refractivity contribution >= 4 is 5.97 Å². The Bertz CT molecular complexity index is 1460. The average molecular weight is 520 g/mol. The van der Waals surface area contributed by atoms with Crippen LogP contribution >= 0.6 is 0 Å². The number of esters is 1. The van der Waals surface area contributed by atoms with Gasteiger partial charge in [-0.25, -0.2) is 4.79 Å². The second-order valence-corrected chi connectivity index (χ2v) is 9.70. The van der Waals surface area contributed by atoms with Crippen molar-refractivity contribution in [3.8, 4) is 40.2 Å². The molecule has 3 aromatic rings. The van der Waals surface area contributed by atoms with Crippen molar-refractivity contribution in [2.75, 3.05) is 35.0 Å². The van der Waals surface area contributed by atoms with Crippen molar-refractivity contribution < 1.29 is 38.7 Å². The number of hydrogen-bond acceptors (Lipinski definition) is 9. The van der Waals surface area contributed by atoms with Crippen molar-refractivity contribution in [1.82, 2.24) is 4.90 Å². The second kappa shape index (κ2) is 9.02. The van der Waals surface area contributed by atoms with Gasteiger partial charge in [0.25, 0.3) is 0 Å². The first-order valence-electron chi connectivity index (χ1n) is 12.4. The topological polar surface area (TPSA) is 107 Å². The summed E-state index contributed by atoms with van der Waals surface area (Å²) < 4.78 is 27.7. The number of rotatable bonds is 6. The van der Waals surface area contributed by atoms with E-state index in [4.69, 9.17) is 23.7 Å². The number of nitrogens with zero attached hydrogens (tertiary/aromatic N) is 1. The molecule has 0 amide bonds. The third-order valence-electron chi connectivity index (χ3n) is 7.86. The van der Waals surface area contributed by atoms with E-state index in [1.165, 1.54) is 28.4 Å². The summed E-state index contributed by atoms with van der Waals surface area (Å²) in [5, 5.41) is 21.7. The standard InChI is InChI=1S/C29H29NO8/c1-34-21-6-5-14-9-20-24-16(25(31)17-12-18(17)26(24)32)7-8-30(20)13-19(14)27(21)38-29(33)15-10-22(35-2)28(37-4)23(11-15)36-3/h5-6,10-11,20,31-32H,7-9,12-13H2,1-4H3. The van der Waals surface area contributed by atoms with E-state index in [2.05, 4.69) is 4.90 Å². The Balaban J connectivity index is 1.37. The van der Waals surface area contributed by atoms with Crippen molar-refractivity contribution in [3.05, 3.63) is 63.2 Å². The minimum Gasteiger partial charge on any atom is -0.507 e. The van der Waals surface area contributed by atoms with Gasteiger partial charge in [-0.2, -0.15) is 0 Å². The van der Waals surface area contributed by atoms with Gasteiger partial charge in [-0.05, 0) is 36.6 Å². The number of carbonyl (C=O) groups excluding carboxylic acids is 1. The highest BCUT2D eigenvalue weighted by atomic mass is 16.6. The molecule has 0 saturated heterocycles. The molecule has 0 spiro atoms. The van der Waals surface area contributed by atoms with Crippen LogP contribution < -0.4 is 23.7 Å². The Labute approximate surface area is 220 Å². The summed E-state index contributed by atoms with van der Waals surface area (Å²) in [6.45, 7) is 1.21. The molecule has 9 nitrogen and oxygen atoms in total. The lowest BCUT2D eigenvalue weighted by molar-refractivity contribution is 0.0721. The molecule has 0 bridgehead atoms. The normalized spacial score (nSPS) is 16.9. The molecule has 1 aliphatic carbocycles. The fourth-order valence-corrected chi connectivity index (χ4v) is 5.87. The maximum atomic E-state index is 13.4. The molecule has 0 fully saturated rings. The third-order valence-corrected chi connectivity index (χ3v) is 7.86. The van der Waals surface area contributed by atoms with Gasteiger partial charge in [0, 0.05) is 53.4 Å². The largest absolute Gasteiger partial charge is 0.507 e. The van der Waals surface area contributed by atoms with Crippen molar-refractivity contribution in [2.45, 2.75) is 31.8 Å². The fourth-order valence-electron chi connectivity index (χ4n) is 5.87. The fraction of sp³-hybridized carbons (Fsp3) is 0.345. The maximum absolute atomic E-state index is 13.4. The van der Waals surface area contributed by atoms with Crippen LogP contribution in [0.1, 0.15) is 49.8 Å². The Morgan fingerprint density at radius 1 is 0.842 bits per heavy atom. The zero-order valence-electron chi connectivity index (χ0n) is 21.7. The van der Waals surface area contributed by atoms with E-state index in [-0.39, 0.29) is 11.6 Å². The Kier molecular flexibility index (Phi) is 5.75. The van der Waals surface area contributed by atoms with Crippen LogP contribution in [-0.4, -0.2) is 56.1 Å². The molecule has 3 aliphatic rings. The predicted octanol–water partition coefficient (Wildman–Crippen LogP) is 3.91. The van der Waals surface area contributed by atoms with Gasteiger partial charge in [0.05, 0.1) is 34.0 Å². The summed E-state index contributed by atoms with van der Waals surface area (Å²) >= 11 is 0. The molecular formula is C29H29NO8. The minimum absolute atomic E-state index is 0.0740. The molecule has 198 valence electrons. The average Bonchev–Trinajstić information content (AvgIpc) is 3.75. The van der Waals surface area contributed by atoms with Gasteiger partial charge in [0.1, 0.15) is 11.5 Å². The molecule has 2 aliphatic heterocycles. The number of methoxy groups -OCH3 is 4. The third kappa shape index (κ3) is 3.60. The summed E-state index contributed by atoms with van der Waals surface area (Å²) in [5.41, 5.74) is 5.49. The van der Waals surface area contributed by atoms with Crippen molar-refractivity contribution in [1.29, 1.82) is 0 Å². The van der Waals surface area contributed by atoms with Crippen LogP contribution in [0.5, 0.6) is 40.2 Å². The number of fused-ring (bicyclic) bond motifs is 5. The van der Waals surface area contributed by atoms with Crippen LogP contribution in [0, 0.1) is 0 Å². The lowest BCUT2D eigenvalue weighted by Crippen LogP contribution is -2.39. The molecule has 0 aromatic heterocycles. The van der Waals surface area contributed by atoms with Gasteiger partial charge in [-0.3, -0.25) is 4.90 Å². The van der Waals surface area contributed by atoms with Crippen LogP contribution in [-0.2, 0) is 25.8 Å². The molecule has 1 atom stereocenters. The molecule has 6 rings (SSSR count). The predicted molar refractivity (Wildman–Crippen MR) is 137 cm³/mol. The van der Waals surface area contributed by atoms with E-state index < -0.39 is 5.97 Å². The van der Waals surface area contributed by atoms with Crippen LogP contribution in [0.2, 0.25) is 0 Å². The number of carbonyl (C=O) groups is 1. The highest BCUT2D eigenvalue weighted by molar-refractivity contribution is 5.93. The first kappa shape index (κ1) is 24.2. The molecule has 1 unspecified atom stereocenters. The number of aromatic hydroxyl groups is 2. The van der Waals surface area contributed by atoms with E-state index in [9.17, 15) is 15.0 Å². The van der Waals surface area contributed by atoms with Crippen LogP contribution in [0.4, 0.5) is 0 Å². The van der Waals surface area contributed by atoms with E-state index >= 15 is 0 Å². The van der Waals surface area contributed by atoms with Crippen LogP contribution in [0.15, 0.2) is 24.3 Å². The zero-order valence-corrected chi connectivity index (χ0v) is 21.7. The molecule has 2 N–H and O–H groups in total. The molecule has 9 heteroatoms. The van der Waals surface area contributed by atoms with Gasteiger partial charge in [0.2, 0.25) is 5.75 Å². The van der Waals surface area contributed by atoms with E-state index in [1.807, 2.05) is 6.07 Å². The lowest BCUT2D eigenvalue weighted by atomic mass is 9.83. The Morgan fingerprint density at radius 2 is 1.53 bits per heavy atom. The smallest absolute Gasteiger partial charge is 0.343 e. The summed E-state index contributed by atoms with van der Waals surface area (Å²) in [4.78, 5) is 15.6. The van der Waals surface area contributed by atoms with Gasteiger partial charge in [0.15, 0.2) is 23.0 Å². The molecule has 38 heavy (non-hydrogen) atoms. The summed E-state index contributed by atoms with van der Waals surface area (Å²) in [6, 6.07) is 6.79. The first-order chi connectivity index (χ1) is 18.4. The maximum Gasteiger partial charge on any atom is 0.343 e. The monoisotopic (exact) mass is 519 g/mol. The highest BCUT2D eigenvalue weighted by Crippen LogP contribution is 2.54. The van der Waals surface area contributed by atoms with Gasteiger partial charge in [-0.15, -0.1) is 0 Å². The molecular weight excluding hydrogens is 490 g/mol. The second-order valence-electron chi connectivity index (χ2n) is 9.70. The lowest BCUT2D eigenvalue weighted by Gasteiger charge is -2.42. The molecule has 2 heterocycles. The van der Waals surface area contributed by atoms with E-state index in [0.29, 0.717) is 72.6 Å². The van der Waals surface area contributed by atoms with Gasteiger partial charge in [-0.1, -0.05) is 6.07 Å². The summed E-state index contributed by atoms with van der Waals surface area (Å²) in [7, 11) is 6.00. The Morgan fingerprint density at radius 3 is 2.18 bits per heavy atom. The summed E-state index contributed by atoms with van der Waals surface area (Å²) in [5.74, 6) is 1.95. The molecule has 0 saturated carbocycles. The molecule has 0 radical (unpaired) electrons. The molecule has 3 aromatic carbocycles. The number of ether oxygens (including phenoxy) is 5. The van der Waals surface area contributed by atoms with Crippen molar-refractivity contribution in [3.63, 3.8) is 0 Å². The SMILES string of the molecule is COc1cc(C(=O)Oc2c(OC)ccc3c2CN2CCc4c(O)c5c(c(O)c4C2C3)C5)cc(OC)c1OC. The number of hydrogen-bond donors (Lipinski definition) is 2. The van der Waals surface area contributed by atoms with Gasteiger partial charge < -0.3 is 33.9 Å². The minimum atomic E-state index is -0.590. The first-order valence-corrected chi connectivity index (χ1v) is 12.4. The van der Waals surface area contributed by atoms with Crippen LogP contribution in [0.3, 0.4) is 0 Å². The van der Waals surface area contributed by atoms with Crippen molar-refractivity contribution in [2.24, 2.45) is 0 Å². The van der Waals surface area contributed by atoms with E-state index in [0.717, 1.165) is 33.4 Å². The highest BCUT2D eigenvalue weighted by Gasteiger charge is 2.41. The quantitative estimate of drug-likeness (QED) is 0.223. The number of phenols is 2. The zero-order chi connectivity index (χ0) is 26.7.